The second-order valence-corrected chi connectivity index (χ2v) is 17.7. The third-order valence-corrected chi connectivity index (χ3v) is 11.2. The van der Waals surface area contributed by atoms with Gasteiger partial charge in [-0.2, -0.15) is 0 Å². The third-order valence-electron chi connectivity index (χ3n) is 11.2. The summed E-state index contributed by atoms with van der Waals surface area (Å²) < 4.78 is 17.2. The summed E-state index contributed by atoms with van der Waals surface area (Å²) in [6.07, 6.45) is 43.7. The van der Waals surface area contributed by atoms with E-state index in [0.717, 1.165) is 38.5 Å². The maximum atomic E-state index is 12.8. The summed E-state index contributed by atoms with van der Waals surface area (Å²) in [5.41, 5.74) is 0. The molecule has 0 rings (SSSR count). The second kappa shape index (κ2) is 40.8. The zero-order valence-corrected chi connectivity index (χ0v) is 38.3. The monoisotopic (exact) mass is 808 g/mol. The van der Waals surface area contributed by atoms with Gasteiger partial charge < -0.3 is 28.6 Å². The fourth-order valence-corrected chi connectivity index (χ4v) is 7.36. The van der Waals surface area contributed by atoms with Crippen LogP contribution in [-0.4, -0.2) is 75.5 Å². The van der Waals surface area contributed by atoms with Gasteiger partial charge in [-0.15, -0.1) is 0 Å². The van der Waals surface area contributed by atoms with Crippen molar-refractivity contribution in [2.45, 2.75) is 244 Å². The minimum atomic E-state index is -1.12. The Hall–Kier alpha value is -1.93. The Morgan fingerprint density at radius 2 is 0.877 bits per heavy atom. The van der Waals surface area contributed by atoms with Gasteiger partial charge in [-0.25, -0.2) is 0 Å². The molecule has 8 nitrogen and oxygen atoms in total. The molecule has 57 heavy (non-hydrogen) atoms. The van der Waals surface area contributed by atoms with E-state index < -0.39 is 18.1 Å². The molecule has 0 saturated heterocycles. The highest BCUT2D eigenvalue weighted by molar-refractivity contribution is 5.70. The normalized spacial score (nSPS) is 12.9. The molecule has 0 aliphatic heterocycles. The maximum Gasteiger partial charge on any atom is 0.306 e. The highest BCUT2D eigenvalue weighted by atomic mass is 16.6. The molecule has 0 aromatic rings. The number of hydrogen-bond donors (Lipinski definition) is 0. The lowest BCUT2D eigenvalue weighted by Gasteiger charge is -2.34. The zero-order chi connectivity index (χ0) is 42.1. The topological polar surface area (TPSA) is 102 Å². The summed E-state index contributed by atoms with van der Waals surface area (Å²) in [5, 5.41) is 11.6. The number of aliphatic carboxylic acids is 1. The molecule has 0 aromatic heterocycles. The van der Waals surface area contributed by atoms with Crippen LogP contribution >= 0.6 is 0 Å². The fraction of sp³-hybridized carbons (Fsp3) is 0.898. The van der Waals surface area contributed by atoms with Crippen molar-refractivity contribution < 1.29 is 38.2 Å². The van der Waals surface area contributed by atoms with E-state index in [4.69, 9.17) is 14.2 Å². The lowest BCUT2D eigenvalue weighted by atomic mass is 10.0. The summed E-state index contributed by atoms with van der Waals surface area (Å²) in [6, 6.07) is -0.722. The zero-order valence-electron chi connectivity index (χ0n) is 38.3. The van der Waals surface area contributed by atoms with Gasteiger partial charge in [0.05, 0.1) is 40.3 Å². The van der Waals surface area contributed by atoms with E-state index in [1.54, 1.807) is 21.1 Å². The molecule has 0 aromatic carbocycles. The van der Waals surface area contributed by atoms with Crippen molar-refractivity contribution in [1.29, 1.82) is 0 Å². The van der Waals surface area contributed by atoms with Gasteiger partial charge >= 0.3 is 11.9 Å². The average molecular weight is 808 g/mol. The number of unbranched alkanes of at least 4 members (excludes halogenated alkanes) is 28. The molecule has 0 amide bonds. The van der Waals surface area contributed by atoms with Crippen LogP contribution < -0.4 is 5.11 Å². The van der Waals surface area contributed by atoms with Crippen LogP contribution in [0.3, 0.4) is 0 Å². The van der Waals surface area contributed by atoms with Crippen molar-refractivity contribution in [3.05, 3.63) is 12.2 Å². The number of allylic oxidation sites excluding steroid dienone is 2. The molecule has 0 spiro atoms. The van der Waals surface area contributed by atoms with Gasteiger partial charge in [0.2, 0.25) is 0 Å². The maximum absolute atomic E-state index is 12.8. The number of carbonyl (C=O) groups excluding carboxylic acids is 3. The quantitative estimate of drug-likeness (QED) is 0.0261. The Kier molecular flexibility index (Phi) is 39.4. The first-order chi connectivity index (χ1) is 27.6. The largest absolute Gasteiger partial charge is 0.544 e. The van der Waals surface area contributed by atoms with Crippen LogP contribution in [0.2, 0.25) is 0 Å². The number of esters is 2. The number of carbonyl (C=O) groups is 3. The van der Waals surface area contributed by atoms with Crippen molar-refractivity contribution >= 4 is 17.9 Å². The predicted molar refractivity (Wildman–Crippen MR) is 236 cm³/mol. The number of quaternary nitrogens is 1. The van der Waals surface area contributed by atoms with Crippen molar-refractivity contribution in [3.63, 3.8) is 0 Å². The minimum Gasteiger partial charge on any atom is -0.544 e. The molecule has 0 saturated carbocycles. The molecule has 0 fully saturated rings. The molecular weight excluding hydrogens is 715 g/mol. The first kappa shape index (κ1) is 55.1. The number of carboxylic acids is 1. The lowest BCUT2D eigenvalue weighted by molar-refractivity contribution is -0.889. The van der Waals surface area contributed by atoms with Crippen LogP contribution in [0.25, 0.3) is 0 Å². The van der Waals surface area contributed by atoms with Gasteiger partial charge in [0.15, 0.2) is 6.10 Å². The Bertz CT molecular complexity index is 947. The predicted octanol–water partition coefficient (Wildman–Crippen LogP) is 12.1. The SMILES string of the molecule is CCCCCC/C=C/CCCCCCCCCC(=O)OCC(COCCC(C(=O)[O-])[N+](C)(C)C)OC(=O)CCCCCCCCCCCCCCCCCCCC. The molecular formula is C49H93NO7. The number of hydrogen-bond acceptors (Lipinski definition) is 7. The van der Waals surface area contributed by atoms with E-state index in [9.17, 15) is 19.5 Å². The van der Waals surface area contributed by atoms with E-state index in [1.807, 2.05) is 0 Å². The molecule has 336 valence electrons. The summed E-state index contributed by atoms with van der Waals surface area (Å²) >= 11 is 0. The Morgan fingerprint density at radius 3 is 1.28 bits per heavy atom. The molecule has 0 bridgehead atoms. The first-order valence-electron chi connectivity index (χ1n) is 24.2. The van der Waals surface area contributed by atoms with Crippen LogP contribution in [0.1, 0.15) is 232 Å². The van der Waals surface area contributed by atoms with E-state index in [1.165, 1.54) is 161 Å². The number of nitrogens with zero attached hydrogens (tertiary/aromatic N) is 1. The van der Waals surface area contributed by atoms with E-state index in [2.05, 4.69) is 26.0 Å². The lowest BCUT2D eigenvalue weighted by Crippen LogP contribution is -2.55. The Morgan fingerprint density at radius 1 is 0.509 bits per heavy atom. The first-order valence-corrected chi connectivity index (χ1v) is 24.2. The highest BCUT2D eigenvalue weighted by Crippen LogP contribution is 2.16. The molecule has 2 unspecified atom stereocenters. The summed E-state index contributed by atoms with van der Waals surface area (Å²) in [6.45, 7) is 4.68. The number of likely N-dealkylation sites (N-methyl/N-ethyl adjacent to an activating group) is 1. The Balaban J connectivity index is 4.25. The summed E-state index contributed by atoms with van der Waals surface area (Å²) in [5.74, 6) is -1.72. The number of carboxylic acid groups (broad SMARTS) is 1. The van der Waals surface area contributed by atoms with Crippen LogP contribution in [0.4, 0.5) is 0 Å². The molecule has 2 atom stereocenters. The van der Waals surface area contributed by atoms with Crippen molar-refractivity contribution in [2.24, 2.45) is 0 Å². The average Bonchev–Trinajstić information content (AvgIpc) is 3.17. The van der Waals surface area contributed by atoms with E-state index in [0.29, 0.717) is 12.8 Å². The van der Waals surface area contributed by atoms with Gasteiger partial charge in [0.25, 0.3) is 0 Å². The molecule has 0 heterocycles. The fourth-order valence-electron chi connectivity index (χ4n) is 7.36. The smallest absolute Gasteiger partial charge is 0.306 e. The number of rotatable bonds is 44. The van der Waals surface area contributed by atoms with Crippen molar-refractivity contribution in [3.8, 4) is 0 Å². The van der Waals surface area contributed by atoms with Gasteiger partial charge in [-0.05, 0) is 38.5 Å². The van der Waals surface area contributed by atoms with Crippen LogP contribution in [0, 0.1) is 0 Å². The molecule has 0 radical (unpaired) electrons. The van der Waals surface area contributed by atoms with Crippen LogP contribution in [0.5, 0.6) is 0 Å². The van der Waals surface area contributed by atoms with Crippen LogP contribution in [-0.2, 0) is 28.6 Å². The van der Waals surface area contributed by atoms with Gasteiger partial charge in [-0.1, -0.05) is 187 Å². The van der Waals surface area contributed by atoms with Gasteiger partial charge in [0.1, 0.15) is 12.6 Å². The molecule has 0 N–H and O–H groups in total. The number of ether oxygens (including phenoxy) is 3. The third kappa shape index (κ3) is 39.3. The highest BCUT2D eigenvalue weighted by Gasteiger charge is 2.25. The molecule has 0 aliphatic carbocycles. The molecule has 0 aliphatic rings. The van der Waals surface area contributed by atoms with Gasteiger partial charge in [0, 0.05) is 19.3 Å². The summed E-state index contributed by atoms with van der Waals surface area (Å²) in [7, 11) is 5.42. The summed E-state index contributed by atoms with van der Waals surface area (Å²) in [4.78, 5) is 36.9. The Labute approximate surface area is 352 Å². The van der Waals surface area contributed by atoms with E-state index >= 15 is 0 Å². The van der Waals surface area contributed by atoms with Crippen LogP contribution in [0.15, 0.2) is 12.2 Å². The second-order valence-electron chi connectivity index (χ2n) is 17.7. The minimum absolute atomic E-state index is 0.0454. The standard InChI is InChI=1S/C49H93NO7/c1-6-8-10-12-14-16-18-20-22-23-24-26-28-30-32-34-36-38-40-48(52)57-45(43-55-42-41-46(49(53)54)50(3,4)5)44-56-47(51)39-37-35-33-31-29-27-25-21-19-17-15-13-11-9-7-2/h17,19,45-46H,6-16,18,20-44H2,1-5H3/b19-17+. The molecule has 8 heteroatoms. The van der Waals surface area contributed by atoms with Gasteiger partial charge in [-0.3, -0.25) is 9.59 Å². The van der Waals surface area contributed by atoms with E-state index in [-0.39, 0.29) is 42.7 Å². The van der Waals surface area contributed by atoms with Crippen molar-refractivity contribution in [2.75, 3.05) is 41.0 Å². The van der Waals surface area contributed by atoms with Crippen molar-refractivity contribution in [1.82, 2.24) is 0 Å².